The van der Waals surface area contributed by atoms with Gasteiger partial charge < -0.3 is 19.0 Å². The van der Waals surface area contributed by atoms with Gasteiger partial charge in [-0.05, 0) is 65.8 Å². The number of methoxy groups -OCH3 is 1. The van der Waals surface area contributed by atoms with Gasteiger partial charge in [-0.15, -0.1) is 0 Å². The van der Waals surface area contributed by atoms with Crippen molar-refractivity contribution in [2.24, 2.45) is 17.8 Å². The van der Waals surface area contributed by atoms with Gasteiger partial charge in [0.1, 0.15) is 18.1 Å². The van der Waals surface area contributed by atoms with E-state index in [1.807, 2.05) is 42.5 Å². The molecular formula is C33H32N2O8. The Hall–Kier alpha value is -4.38. The summed E-state index contributed by atoms with van der Waals surface area (Å²) in [7, 11) is 1.61. The fourth-order valence-corrected chi connectivity index (χ4v) is 6.75. The molecule has 0 saturated carbocycles. The molecule has 222 valence electrons. The van der Waals surface area contributed by atoms with E-state index in [4.69, 9.17) is 13.9 Å². The van der Waals surface area contributed by atoms with Crippen LogP contribution in [0.4, 0.5) is 11.4 Å². The Labute approximate surface area is 248 Å². The fraction of sp³-hybridized carbons (Fsp3) is 0.333. The van der Waals surface area contributed by atoms with Crippen LogP contribution in [0.3, 0.4) is 0 Å². The molecule has 2 aliphatic heterocycles. The third-order valence-electron chi connectivity index (χ3n) is 8.60. The van der Waals surface area contributed by atoms with E-state index in [9.17, 15) is 24.8 Å². The fourth-order valence-electron chi connectivity index (χ4n) is 6.75. The van der Waals surface area contributed by atoms with Crippen LogP contribution in [0.5, 0.6) is 0 Å². The molecular weight excluding hydrogens is 552 g/mol. The molecule has 2 amide bonds. The van der Waals surface area contributed by atoms with Crippen molar-refractivity contribution in [3.8, 4) is 0 Å². The molecule has 1 aliphatic carbocycles. The molecule has 0 radical (unpaired) electrons. The number of amides is 2. The first kappa shape index (κ1) is 28.7. The van der Waals surface area contributed by atoms with Crippen molar-refractivity contribution in [1.29, 1.82) is 0 Å². The number of nitrogens with zero attached hydrogens (tertiary/aromatic N) is 2. The monoisotopic (exact) mass is 584 g/mol. The smallest absolute Gasteiger partial charge is 0.271 e. The van der Waals surface area contributed by atoms with Gasteiger partial charge in [-0.2, -0.15) is 0 Å². The third kappa shape index (κ3) is 5.45. The number of carbonyl (C=O) groups is 2. The van der Waals surface area contributed by atoms with Gasteiger partial charge in [-0.25, -0.2) is 4.90 Å². The number of ether oxygens (including phenoxy) is 2. The number of nitro benzene ring substituents is 1. The highest BCUT2D eigenvalue weighted by Crippen LogP contribution is 2.51. The minimum Gasteiger partial charge on any atom is -0.459 e. The second-order valence-corrected chi connectivity index (χ2v) is 11.1. The van der Waals surface area contributed by atoms with E-state index in [-0.39, 0.29) is 41.8 Å². The van der Waals surface area contributed by atoms with Gasteiger partial charge in [0.25, 0.3) is 5.69 Å². The molecule has 2 aromatic carbocycles. The van der Waals surface area contributed by atoms with Crippen LogP contribution in [0.15, 0.2) is 82.3 Å². The van der Waals surface area contributed by atoms with Crippen LogP contribution in [0.1, 0.15) is 36.3 Å². The van der Waals surface area contributed by atoms with Gasteiger partial charge in [0.15, 0.2) is 0 Å². The van der Waals surface area contributed by atoms with Gasteiger partial charge in [0, 0.05) is 25.2 Å². The van der Waals surface area contributed by atoms with Gasteiger partial charge in [0.05, 0.1) is 41.8 Å². The van der Waals surface area contributed by atoms with Crippen molar-refractivity contribution < 1.29 is 33.5 Å². The SMILES string of the molecule is COCC1=C2[C@@H](CC/C(=C/c3ccc(CO)o3)c3ccccc3)OC[C@@H]2[C@@H]2C(=O)N(c3cccc([N+](=O)[O-])c3)C(=O)[C@@H]2C1. The van der Waals surface area contributed by atoms with Crippen molar-refractivity contribution in [2.75, 3.05) is 25.2 Å². The van der Waals surface area contributed by atoms with Crippen molar-refractivity contribution in [3.05, 3.63) is 105 Å². The Kier molecular flexibility index (Phi) is 8.07. The standard InChI is InChI=1S/C33H32N2O8/c1-41-18-22-15-27-31(33(38)34(32(27)37)23-8-5-9-24(16-23)35(39)40)28-19-42-29(30(22)28)13-10-21(20-6-3-2-4-7-20)14-25-11-12-26(17-36)43-25/h2-9,11-12,14,16,27-29,31,36H,10,13,15,17-19H2,1H3/b21-14-/t27-,28+,29-,31-/m1/s1. The largest absolute Gasteiger partial charge is 0.459 e. The highest BCUT2D eigenvalue weighted by Gasteiger charge is 2.57. The normalized spacial score (nSPS) is 23.6. The van der Waals surface area contributed by atoms with Crippen LogP contribution in [0.2, 0.25) is 0 Å². The summed E-state index contributed by atoms with van der Waals surface area (Å²) >= 11 is 0. The maximum Gasteiger partial charge on any atom is 0.271 e. The van der Waals surface area contributed by atoms with Crippen molar-refractivity contribution in [3.63, 3.8) is 0 Å². The lowest BCUT2D eigenvalue weighted by atomic mass is 9.69. The second kappa shape index (κ2) is 12.1. The first-order chi connectivity index (χ1) is 20.9. The highest BCUT2D eigenvalue weighted by atomic mass is 16.6. The van der Waals surface area contributed by atoms with E-state index in [1.54, 1.807) is 19.2 Å². The molecule has 0 bridgehead atoms. The number of hydrogen-bond donors (Lipinski definition) is 1. The third-order valence-corrected chi connectivity index (χ3v) is 8.60. The maximum absolute atomic E-state index is 13.8. The maximum atomic E-state index is 13.8. The number of carbonyl (C=O) groups excluding carboxylic acids is 2. The Morgan fingerprint density at radius 3 is 2.63 bits per heavy atom. The zero-order chi connectivity index (χ0) is 30.1. The van der Waals surface area contributed by atoms with Crippen LogP contribution >= 0.6 is 0 Å². The number of imide groups is 1. The zero-order valence-corrected chi connectivity index (χ0v) is 23.7. The number of anilines is 1. The quantitative estimate of drug-likeness (QED) is 0.149. The molecule has 3 aromatic rings. The summed E-state index contributed by atoms with van der Waals surface area (Å²) in [5.74, 6) is -1.02. The van der Waals surface area contributed by atoms with Crippen LogP contribution in [-0.4, -0.2) is 48.3 Å². The summed E-state index contributed by atoms with van der Waals surface area (Å²) in [6.07, 6.45) is 3.38. The second-order valence-electron chi connectivity index (χ2n) is 11.1. The van der Waals surface area contributed by atoms with Crippen molar-refractivity contribution in [1.82, 2.24) is 0 Å². The number of nitro groups is 1. The molecule has 0 spiro atoms. The molecule has 10 heteroatoms. The van der Waals surface area contributed by atoms with Crippen LogP contribution in [-0.2, 0) is 25.7 Å². The van der Waals surface area contributed by atoms with E-state index < -0.39 is 16.8 Å². The molecule has 0 unspecified atom stereocenters. The molecule has 43 heavy (non-hydrogen) atoms. The Balaban J connectivity index is 1.27. The molecule has 4 atom stereocenters. The van der Waals surface area contributed by atoms with E-state index in [0.29, 0.717) is 44.0 Å². The number of allylic oxidation sites excluding steroid dienone is 1. The number of non-ortho nitro benzene ring substituents is 1. The Morgan fingerprint density at radius 2 is 1.91 bits per heavy atom. The lowest BCUT2D eigenvalue weighted by Crippen LogP contribution is -2.35. The molecule has 1 aromatic heterocycles. The highest BCUT2D eigenvalue weighted by molar-refractivity contribution is 6.22. The predicted molar refractivity (Wildman–Crippen MR) is 157 cm³/mol. The van der Waals surface area contributed by atoms with E-state index >= 15 is 0 Å². The van der Waals surface area contributed by atoms with E-state index in [2.05, 4.69) is 0 Å². The lowest BCUT2D eigenvalue weighted by Gasteiger charge is -2.31. The average molecular weight is 585 g/mol. The number of aliphatic hydroxyl groups excluding tert-OH is 1. The molecule has 3 aliphatic rings. The molecule has 1 N–H and O–H groups in total. The van der Waals surface area contributed by atoms with Crippen LogP contribution < -0.4 is 4.90 Å². The number of aliphatic hydroxyl groups is 1. The summed E-state index contributed by atoms with van der Waals surface area (Å²) in [6.45, 7) is 0.452. The summed E-state index contributed by atoms with van der Waals surface area (Å²) in [5.41, 5.74) is 4.11. The number of furan rings is 1. The van der Waals surface area contributed by atoms with Crippen molar-refractivity contribution in [2.45, 2.75) is 32.0 Å². The minimum absolute atomic E-state index is 0.176. The molecule has 2 saturated heterocycles. The first-order valence-electron chi connectivity index (χ1n) is 14.3. The summed E-state index contributed by atoms with van der Waals surface area (Å²) in [4.78, 5) is 39.4. The minimum atomic E-state index is -0.600. The summed E-state index contributed by atoms with van der Waals surface area (Å²) < 4.78 is 17.6. The van der Waals surface area contributed by atoms with E-state index in [0.717, 1.165) is 27.2 Å². The molecule has 3 heterocycles. The number of rotatable bonds is 10. The molecule has 6 rings (SSSR count). The lowest BCUT2D eigenvalue weighted by molar-refractivity contribution is -0.384. The first-order valence-corrected chi connectivity index (χ1v) is 14.3. The average Bonchev–Trinajstić information content (AvgIpc) is 3.72. The van der Waals surface area contributed by atoms with E-state index in [1.165, 1.54) is 18.2 Å². The number of benzene rings is 2. The van der Waals surface area contributed by atoms with Gasteiger partial charge in [0.2, 0.25) is 11.8 Å². The molecule has 10 nitrogen and oxygen atoms in total. The topological polar surface area (TPSA) is 132 Å². The number of hydrogen-bond acceptors (Lipinski definition) is 8. The van der Waals surface area contributed by atoms with Gasteiger partial charge in [-0.3, -0.25) is 19.7 Å². The predicted octanol–water partition coefficient (Wildman–Crippen LogP) is 5.17. The van der Waals surface area contributed by atoms with Gasteiger partial charge >= 0.3 is 0 Å². The van der Waals surface area contributed by atoms with Gasteiger partial charge in [-0.1, -0.05) is 36.4 Å². The number of fused-ring (bicyclic) bond motifs is 3. The van der Waals surface area contributed by atoms with Crippen LogP contribution in [0, 0.1) is 27.9 Å². The Bertz CT molecular complexity index is 1610. The zero-order valence-electron chi connectivity index (χ0n) is 23.7. The van der Waals surface area contributed by atoms with Crippen LogP contribution in [0.25, 0.3) is 11.6 Å². The summed E-state index contributed by atoms with van der Waals surface area (Å²) in [6, 6.07) is 19.2. The molecule has 2 fully saturated rings. The van der Waals surface area contributed by atoms with Crippen molar-refractivity contribution >= 4 is 34.8 Å². The Morgan fingerprint density at radius 1 is 1.09 bits per heavy atom. The summed E-state index contributed by atoms with van der Waals surface area (Å²) in [5, 5.41) is 20.8.